The summed E-state index contributed by atoms with van der Waals surface area (Å²) in [5.74, 6) is -2.25. The molecule has 5 N–H and O–H groups in total. The molecule has 13 heteroatoms. The number of alkyl halides is 3. The van der Waals surface area contributed by atoms with Crippen molar-refractivity contribution >= 4 is 23.2 Å². The van der Waals surface area contributed by atoms with Crippen LogP contribution in [-0.4, -0.2) is 67.0 Å². The molecule has 0 aliphatic carbocycles. The first kappa shape index (κ1) is 31.7. The Balaban J connectivity index is 1.74. The van der Waals surface area contributed by atoms with Gasteiger partial charge in [0.2, 0.25) is 5.56 Å². The van der Waals surface area contributed by atoms with Crippen molar-refractivity contribution < 1.29 is 27.2 Å². The first-order valence-corrected chi connectivity index (χ1v) is 13.8. The van der Waals surface area contributed by atoms with Crippen LogP contribution in [0.25, 0.3) is 11.1 Å². The molecule has 3 aromatic rings. The standard InChI is InChI=1S/C30H34F4N6O3/c1-17-15-40(16-18(2)39(17)3)26-8-6-19(21-7-5-20(11-24(21)31)28(42)36-10-4-9-35)12-25(26)38-29(43)22-14-37-27(41)13-23(22)30(32,33)34/h5-8,11-14,17-18H,4,9-10,15-16,35H2,1-3H3,(H,36,42)(H,37,41)(H,38,43)/t17-,18+. The van der Waals surface area contributed by atoms with E-state index >= 15 is 4.39 Å². The number of carbonyl (C=O) groups excluding carboxylic acids is 2. The largest absolute Gasteiger partial charge is 0.417 e. The molecule has 230 valence electrons. The molecule has 9 nitrogen and oxygen atoms in total. The number of nitrogens with one attached hydrogen (secondary N) is 3. The average Bonchev–Trinajstić information content (AvgIpc) is 2.95. The van der Waals surface area contributed by atoms with E-state index in [0.29, 0.717) is 49.9 Å². The number of nitrogens with two attached hydrogens (primary N) is 1. The fraction of sp³-hybridized carbons (Fsp3) is 0.367. The molecule has 0 spiro atoms. The molecule has 4 rings (SSSR count). The van der Waals surface area contributed by atoms with Gasteiger partial charge in [0.1, 0.15) is 5.82 Å². The molecule has 2 heterocycles. The molecule has 2 aromatic carbocycles. The van der Waals surface area contributed by atoms with Gasteiger partial charge in [-0.2, -0.15) is 13.2 Å². The van der Waals surface area contributed by atoms with E-state index in [1.165, 1.54) is 18.2 Å². The van der Waals surface area contributed by atoms with Gasteiger partial charge in [0.25, 0.3) is 11.8 Å². The van der Waals surface area contributed by atoms with Crippen LogP contribution < -0.4 is 26.8 Å². The van der Waals surface area contributed by atoms with Crippen LogP contribution in [-0.2, 0) is 6.18 Å². The number of pyridine rings is 1. The van der Waals surface area contributed by atoms with Crippen molar-refractivity contribution in [2.75, 3.05) is 43.4 Å². The highest BCUT2D eigenvalue weighted by Crippen LogP contribution is 2.36. The Labute approximate surface area is 246 Å². The monoisotopic (exact) mass is 602 g/mol. The zero-order valence-corrected chi connectivity index (χ0v) is 24.0. The number of piperazine rings is 1. The number of amides is 2. The molecule has 43 heavy (non-hydrogen) atoms. The Bertz CT molecular complexity index is 1550. The van der Waals surface area contributed by atoms with Crippen molar-refractivity contribution in [2.24, 2.45) is 5.73 Å². The normalized spacial score (nSPS) is 17.5. The summed E-state index contributed by atoms with van der Waals surface area (Å²) in [6.45, 7) is 5.95. The lowest BCUT2D eigenvalue weighted by molar-refractivity contribution is -0.138. The molecule has 1 aromatic heterocycles. The van der Waals surface area contributed by atoms with Crippen LogP contribution >= 0.6 is 0 Å². The van der Waals surface area contributed by atoms with Gasteiger partial charge in [-0.15, -0.1) is 0 Å². The zero-order valence-electron chi connectivity index (χ0n) is 24.0. The summed E-state index contributed by atoms with van der Waals surface area (Å²) in [6.07, 6.45) is -3.65. The number of aromatic amines is 1. The first-order valence-electron chi connectivity index (χ1n) is 13.8. The highest BCUT2D eigenvalue weighted by atomic mass is 19.4. The fourth-order valence-electron chi connectivity index (χ4n) is 5.06. The Morgan fingerprint density at radius 2 is 1.74 bits per heavy atom. The van der Waals surface area contributed by atoms with E-state index in [4.69, 9.17) is 5.73 Å². The summed E-state index contributed by atoms with van der Waals surface area (Å²) < 4.78 is 56.4. The van der Waals surface area contributed by atoms with Crippen LogP contribution in [0.1, 0.15) is 46.5 Å². The second-order valence-electron chi connectivity index (χ2n) is 10.7. The number of likely N-dealkylation sites (N-methyl/N-ethyl adjacent to an activating group) is 1. The van der Waals surface area contributed by atoms with Gasteiger partial charge in [-0.1, -0.05) is 12.1 Å². The van der Waals surface area contributed by atoms with Gasteiger partial charge in [-0.25, -0.2) is 4.39 Å². The highest BCUT2D eigenvalue weighted by Gasteiger charge is 2.36. The number of aromatic nitrogens is 1. The topological polar surface area (TPSA) is 124 Å². The minimum atomic E-state index is -4.95. The van der Waals surface area contributed by atoms with E-state index in [1.807, 2.05) is 25.8 Å². The first-order chi connectivity index (χ1) is 20.3. The number of carbonyl (C=O) groups is 2. The SMILES string of the molecule is C[C@@H]1CN(c2ccc(-c3ccc(C(=O)NCCCN)cc3F)cc2NC(=O)c2c[nH]c(=O)cc2C(F)(F)F)C[C@H](C)N1C. The van der Waals surface area contributed by atoms with E-state index in [0.717, 1.165) is 12.3 Å². The molecule has 2 atom stereocenters. The van der Waals surface area contributed by atoms with Gasteiger partial charge < -0.3 is 26.3 Å². The van der Waals surface area contributed by atoms with Gasteiger partial charge in [0, 0.05) is 55.1 Å². The minimum Gasteiger partial charge on any atom is -0.367 e. The molecular weight excluding hydrogens is 568 g/mol. The summed E-state index contributed by atoms with van der Waals surface area (Å²) in [4.78, 5) is 43.6. The number of hydrogen-bond donors (Lipinski definition) is 4. The number of hydrogen-bond acceptors (Lipinski definition) is 6. The van der Waals surface area contributed by atoms with Gasteiger partial charge in [0.05, 0.1) is 22.5 Å². The van der Waals surface area contributed by atoms with E-state index in [2.05, 4.69) is 20.5 Å². The number of halogens is 4. The Kier molecular flexibility index (Phi) is 9.55. The van der Waals surface area contributed by atoms with Crippen molar-refractivity contribution in [3.8, 4) is 11.1 Å². The Morgan fingerprint density at radius 3 is 2.37 bits per heavy atom. The predicted molar refractivity (Wildman–Crippen MR) is 157 cm³/mol. The molecule has 1 saturated heterocycles. The van der Waals surface area contributed by atoms with Crippen molar-refractivity contribution in [2.45, 2.75) is 38.5 Å². The van der Waals surface area contributed by atoms with Gasteiger partial charge in [0.15, 0.2) is 0 Å². The molecule has 1 fully saturated rings. The maximum atomic E-state index is 15.3. The van der Waals surface area contributed by atoms with Crippen LogP contribution in [0.15, 0.2) is 53.5 Å². The van der Waals surface area contributed by atoms with Crippen LogP contribution in [0, 0.1) is 5.82 Å². The van der Waals surface area contributed by atoms with E-state index in [9.17, 15) is 27.6 Å². The number of H-pyrrole nitrogens is 1. The van der Waals surface area contributed by atoms with Crippen LogP contribution in [0.2, 0.25) is 0 Å². The Hall–Kier alpha value is -4.23. The molecular formula is C30H34F4N6O3. The summed E-state index contributed by atoms with van der Waals surface area (Å²) in [5, 5.41) is 5.23. The third kappa shape index (κ3) is 7.23. The van der Waals surface area contributed by atoms with Gasteiger partial charge >= 0.3 is 6.18 Å². The third-order valence-corrected chi connectivity index (χ3v) is 7.63. The maximum absolute atomic E-state index is 15.3. The highest BCUT2D eigenvalue weighted by molar-refractivity contribution is 6.07. The van der Waals surface area contributed by atoms with E-state index in [1.54, 1.807) is 12.1 Å². The smallest absolute Gasteiger partial charge is 0.367 e. The van der Waals surface area contributed by atoms with E-state index < -0.39 is 40.5 Å². The quantitative estimate of drug-likeness (QED) is 0.228. The minimum absolute atomic E-state index is 0.113. The van der Waals surface area contributed by atoms with Crippen LogP contribution in [0.5, 0.6) is 0 Å². The van der Waals surface area contributed by atoms with E-state index in [-0.39, 0.29) is 28.9 Å². The van der Waals surface area contributed by atoms with Crippen LogP contribution in [0.3, 0.4) is 0 Å². The lowest BCUT2D eigenvalue weighted by atomic mass is 10.00. The molecule has 1 aliphatic rings. The third-order valence-electron chi connectivity index (χ3n) is 7.63. The van der Waals surface area contributed by atoms with Crippen molar-refractivity contribution in [1.82, 2.24) is 15.2 Å². The van der Waals surface area contributed by atoms with Crippen molar-refractivity contribution in [3.63, 3.8) is 0 Å². The Morgan fingerprint density at radius 1 is 1.05 bits per heavy atom. The second-order valence-corrected chi connectivity index (χ2v) is 10.7. The average molecular weight is 603 g/mol. The van der Waals surface area contributed by atoms with Crippen molar-refractivity contribution in [3.05, 3.63) is 81.5 Å². The summed E-state index contributed by atoms with van der Waals surface area (Å²) in [6, 6.07) is 9.39. The summed E-state index contributed by atoms with van der Waals surface area (Å²) in [5.41, 5.74) is 3.57. The fourth-order valence-corrected chi connectivity index (χ4v) is 5.06. The summed E-state index contributed by atoms with van der Waals surface area (Å²) in [7, 11) is 2.00. The molecule has 0 bridgehead atoms. The number of nitrogens with zero attached hydrogens (tertiary/aromatic N) is 2. The predicted octanol–water partition coefficient (Wildman–Crippen LogP) is 4.06. The second kappa shape index (κ2) is 13.0. The summed E-state index contributed by atoms with van der Waals surface area (Å²) >= 11 is 0. The number of rotatable bonds is 8. The maximum Gasteiger partial charge on any atom is 0.417 e. The molecule has 0 unspecified atom stereocenters. The number of anilines is 2. The zero-order chi connectivity index (χ0) is 31.5. The molecule has 0 saturated carbocycles. The molecule has 0 radical (unpaired) electrons. The molecule has 2 amide bonds. The lowest BCUT2D eigenvalue weighted by Gasteiger charge is -2.44. The number of benzene rings is 2. The van der Waals surface area contributed by atoms with Gasteiger partial charge in [-0.05, 0) is 63.7 Å². The lowest BCUT2D eigenvalue weighted by Crippen LogP contribution is -2.55. The molecule has 1 aliphatic heterocycles. The van der Waals surface area contributed by atoms with Crippen LogP contribution in [0.4, 0.5) is 28.9 Å². The van der Waals surface area contributed by atoms with Crippen molar-refractivity contribution in [1.29, 1.82) is 0 Å². The van der Waals surface area contributed by atoms with Gasteiger partial charge in [-0.3, -0.25) is 19.3 Å².